The van der Waals surface area contributed by atoms with E-state index in [0.717, 1.165) is 23.1 Å². The number of nitrogens with two attached hydrogens (primary N) is 1. The van der Waals surface area contributed by atoms with Gasteiger partial charge in [0.2, 0.25) is 5.91 Å². The number of carbonyl (C=O) groups is 1. The van der Waals surface area contributed by atoms with Gasteiger partial charge in [-0.2, -0.15) is 0 Å². The average Bonchev–Trinajstić information content (AvgIpc) is 2.51. The molecule has 0 bridgehead atoms. The molecule has 1 aliphatic carbocycles. The normalized spacial score (nSPS) is 24.8. The van der Waals surface area contributed by atoms with Crippen LogP contribution in [-0.4, -0.2) is 17.0 Å². The molecule has 0 radical (unpaired) electrons. The van der Waals surface area contributed by atoms with Crippen LogP contribution in [0.15, 0.2) is 42.5 Å². The fourth-order valence-electron chi connectivity index (χ4n) is 2.80. The number of hydrogen-bond acceptors (Lipinski definition) is 2. The number of halogens is 1. The van der Waals surface area contributed by atoms with Crippen molar-refractivity contribution >= 4 is 23.9 Å². The van der Waals surface area contributed by atoms with E-state index in [1.54, 1.807) is 0 Å². The van der Waals surface area contributed by atoms with Gasteiger partial charge in [0.25, 0.3) is 0 Å². The Morgan fingerprint density at radius 3 is 2.84 bits per heavy atom. The van der Waals surface area contributed by atoms with Crippen LogP contribution in [0.25, 0.3) is 5.57 Å². The summed E-state index contributed by atoms with van der Waals surface area (Å²) in [5.74, 6) is 5.82. The molecule has 0 fully saturated rings. The van der Waals surface area contributed by atoms with E-state index in [1.807, 2.05) is 31.2 Å². The molecule has 1 aliphatic heterocycles. The van der Waals surface area contributed by atoms with Crippen molar-refractivity contribution < 1.29 is 4.79 Å². The summed E-state index contributed by atoms with van der Waals surface area (Å²) >= 11 is 0. The fraction of sp³-hybridized carbons (Fsp3) is 0.267. The zero-order valence-corrected chi connectivity index (χ0v) is 11.6. The SMILES string of the molecule is CC1C(=O)N(N)C2CC=CC=C2c2ccccc21.Cl. The second-order valence-electron chi connectivity index (χ2n) is 4.86. The highest BCUT2D eigenvalue weighted by atomic mass is 35.5. The molecule has 2 unspecified atom stereocenters. The van der Waals surface area contributed by atoms with Gasteiger partial charge >= 0.3 is 0 Å². The van der Waals surface area contributed by atoms with Gasteiger partial charge in [0.1, 0.15) is 0 Å². The zero-order chi connectivity index (χ0) is 12.7. The summed E-state index contributed by atoms with van der Waals surface area (Å²) in [6.07, 6.45) is 6.95. The Hall–Kier alpha value is -1.58. The molecule has 3 rings (SSSR count). The first-order valence-corrected chi connectivity index (χ1v) is 6.24. The standard InChI is InChI=1S/C15H16N2O.ClH/c1-10-11-6-2-3-7-12(11)13-8-4-5-9-14(13)17(16)15(10)18;/h2-8,10,14H,9,16H2,1H3;1H. The topological polar surface area (TPSA) is 46.3 Å². The first kappa shape index (κ1) is 13.8. The Morgan fingerprint density at radius 1 is 1.32 bits per heavy atom. The third kappa shape index (κ3) is 2.09. The number of carbonyl (C=O) groups excluding carboxylic acids is 1. The third-order valence-corrected chi connectivity index (χ3v) is 3.83. The van der Waals surface area contributed by atoms with Crippen molar-refractivity contribution in [2.45, 2.75) is 25.3 Å². The molecule has 0 aromatic heterocycles. The lowest BCUT2D eigenvalue weighted by atomic mass is 9.88. The highest BCUT2D eigenvalue weighted by molar-refractivity contribution is 5.91. The van der Waals surface area contributed by atoms with Crippen molar-refractivity contribution in [3.05, 3.63) is 53.6 Å². The van der Waals surface area contributed by atoms with Gasteiger partial charge in [0.15, 0.2) is 0 Å². The molecule has 0 spiro atoms. The molecule has 100 valence electrons. The quantitative estimate of drug-likeness (QED) is 0.585. The van der Waals surface area contributed by atoms with E-state index in [-0.39, 0.29) is 30.3 Å². The van der Waals surface area contributed by atoms with Gasteiger partial charge < -0.3 is 0 Å². The van der Waals surface area contributed by atoms with Crippen molar-refractivity contribution in [3.63, 3.8) is 0 Å². The molecule has 2 atom stereocenters. The smallest absolute Gasteiger partial charge is 0.244 e. The van der Waals surface area contributed by atoms with Gasteiger partial charge in [-0.1, -0.05) is 42.5 Å². The van der Waals surface area contributed by atoms with Gasteiger partial charge in [-0.05, 0) is 30.0 Å². The molecule has 4 heteroatoms. The van der Waals surface area contributed by atoms with Crippen LogP contribution in [0.3, 0.4) is 0 Å². The van der Waals surface area contributed by atoms with E-state index in [1.165, 1.54) is 5.01 Å². The second kappa shape index (κ2) is 5.19. The molecule has 0 saturated carbocycles. The number of allylic oxidation sites excluding steroid dienone is 2. The van der Waals surface area contributed by atoms with Crippen molar-refractivity contribution in [3.8, 4) is 0 Å². The Labute approximate surface area is 119 Å². The molecule has 0 saturated heterocycles. The Morgan fingerprint density at radius 2 is 2.05 bits per heavy atom. The molecule has 1 aromatic rings. The summed E-state index contributed by atoms with van der Waals surface area (Å²) in [7, 11) is 0. The average molecular weight is 277 g/mol. The maximum Gasteiger partial charge on any atom is 0.244 e. The van der Waals surface area contributed by atoms with Crippen LogP contribution < -0.4 is 5.84 Å². The molecule has 1 heterocycles. The molecule has 3 nitrogen and oxygen atoms in total. The number of fused-ring (bicyclic) bond motifs is 3. The minimum absolute atomic E-state index is 0. The maximum absolute atomic E-state index is 12.3. The van der Waals surface area contributed by atoms with Crippen molar-refractivity contribution in [1.82, 2.24) is 5.01 Å². The molecule has 1 amide bonds. The second-order valence-corrected chi connectivity index (χ2v) is 4.86. The van der Waals surface area contributed by atoms with E-state index in [0.29, 0.717) is 0 Å². The molecule has 2 N–H and O–H groups in total. The van der Waals surface area contributed by atoms with Crippen LogP contribution in [0.2, 0.25) is 0 Å². The van der Waals surface area contributed by atoms with Gasteiger partial charge in [-0.25, -0.2) is 5.84 Å². The molecular weight excluding hydrogens is 260 g/mol. The lowest BCUT2D eigenvalue weighted by Crippen LogP contribution is -2.46. The first-order chi connectivity index (χ1) is 8.70. The van der Waals surface area contributed by atoms with Crippen LogP contribution in [0.5, 0.6) is 0 Å². The van der Waals surface area contributed by atoms with Crippen molar-refractivity contribution in [1.29, 1.82) is 0 Å². The largest absolute Gasteiger partial charge is 0.273 e. The predicted molar refractivity (Wildman–Crippen MR) is 78.7 cm³/mol. The van der Waals surface area contributed by atoms with Crippen molar-refractivity contribution in [2.24, 2.45) is 5.84 Å². The predicted octanol–water partition coefficient (Wildman–Crippen LogP) is 2.64. The number of nitrogens with zero attached hydrogens (tertiary/aromatic N) is 1. The molecule has 2 aliphatic rings. The zero-order valence-electron chi connectivity index (χ0n) is 10.7. The molecule has 1 aromatic carbocycles. The summed E-state index contributed by atoms with van der Waals surface area (Å²) in [5, 5.41) is 1.40. The summed E-state index contributed by atoms with van der Waals surface area (Å²) in [6, 6.07) is 8.05. The fourth-order valence-corrected chi connectivity index (χ4v) is 2.80. The number of amides is 1. The van der Waals surface area contributed by atoms with E-state index >= 15 is 0 Å². The van der Waals surface area contributed by atoms with Gasteiger partial charge in [0, 0.05) is 0 Å². The Kier molecular flexibility index (Phi) is 3.78. The van der Waals surface area contributed by atoms with E-state index in [2.05, 4.69) is 18.2 Å². The van der Waals surface area contributed by atoms with Crippen LogP contribution in [0.4, 0.5) is 0 Å². The van der Waals surface area contributed by atoms with Crippen molar-refractivity contribution in [2.75, 3.05) is 0 Å². The first-order valence-electron chi connectivity index (χ1n) is 6.24. The monoisotopic (exact) mass is 276 g/mol. The highest BCUT2D eigenvalue weighted by Crippen LogP contribution is 2.36. The van der Waals surface area contributed by atoms with Gasteiger partial charge in [-0.3, -0.25) is 9.80 Å². The third-order valence-electron chi connectivity index (χ3n) is 3.83. The number of hydrazine groups is 1. The maximum atomic E-state index is 12.3. The minimum Gasteiger partial charge on any atom is -0.273 e. The van der Waals surface area contributed by atoms with Crippen LogP contribution in [0, 0.1) is 0 Å². The van der Waals surface area contributed by atoms with Crippen LogP contribution >= 0.6 is 12.4 Å². The van der Waals surface area contributed by atoms with Gasteiger partial charge in [0.05, 0.1) is 12.0 Å². The number of hydrogen-bond donors (Lipinski definition) is 1. The van der Waals surface area contributed by atoms with Gasteiger partial charge in [-0.15, -0.1) is 12.4 Å². The summed E-state index contributed by atoms with van der Waals surface area (Å²) in [6.45, 7) is 1.92. The lowest BCUT2D eigenvalue weighted by Gasteiger charge is -2.28. The minimum atomic E-state index is -0.183. The molecular formula is C15H17ClN2O. The number of benzene rings is 1. The Balaban J connectivity index is 0.00000133. The highest BCUT2D eigenvalue weighted by Gasteiger charge is 2.34. The van der Waals surface area contributed by atoms with Crippen LogP contribution in [-0.2, 0) is 4.79 Å². The summed E-state index contributed by atoms with van der Waals surface area (Å²) in [5.41, 5.74) is 3.37. The van der Waals surface area contributed by atoms with E-state index in [9.17, 15) is 4.79 Å². The number of rotatable bonds is 0. The molecule has 19 heavy (non-hydrogen) atoms. The summed E-state index contributed by atoms with van der Waals surface area (Å²) in [4.78, 5) is 12.3. The van der Waals surface area contributed by atoms with Crippen LogP contribution in [0.1, 0.15) is 30.4 Å². The Bertz CT molecular complexity index is 565. The lowest BCUT2D eigenvalue weighted by molar-refractivity contribution is -0.133. The summed E-state index contributed by atoms with van der Waals surface area (Å²) < 4.78 is 0. The van der Waals surface area contributed by atoms with E-state index < -0.39 is 0 Å². The van der Waals surface area contributed by atoms with E-state index in [4.69, 9.17) is 5.84 Å².